The van der Waals surface area contributed by atoms with Crippen LogP contribution < -0.4 is 0 Å². The highest BCUT2D eigenvalue weighted by Gasteiger charge is 2.54. The fraction of sp³-hybridized carbons (Fsp3) is 0.636. The lowest BCUT2D eigenvalue weighted by molar-refractivity contribution is -0.141. The molecule has 3 rings (SSSR count). The van der Waals surface area contributed by atoms with Crippen molar-refractivity contribution in [3.63, 3.8) is 0 Å². The van der Waals surface area contributed by atoms with Gasteiger partial charge in [0.1, 0.15) is 17.4 Å². The van der Waals surface area contributed by atoms with Gasteiger partial charge in [-0.25, -0.2) is 0 Å². The molecule has 1 unspecified atom stereocenters. The number of amides is 1. The molecule has 154 valence electrons. The van der Waals surface area contributed by atoms with E-state index < -0.39 is 29.4 Å². The van der Waals surface area contributed by atoms with Gasteiger partial charge in [-0.05, 0) is 37.5 Å². The van der Waals surface area contributed by atoms with Gasteiger partial charge in [0.05, 0.1) is 0 Å². The van der Waals surface area contributed by atoms with Crippen LogP contribution in [0.5, 0.6) is 0 Å². The zero-order valence-corrected chi connectivity index (χ0v) is 17.0. The van der Waals surface area contributed by atoms with Gasteiger partial charge in [0, 0.05) is 18.4 Å². The summed E-state index contributed by atoms with van der Waals surface area (Å²) in [6, 6.07) is -1.38. The normalized spacial score (nSPS) is 40.5. The van der Waals surface area contributed by atoms with Crippen molar-refractivity contribution in [2.75, 3.05) is 7.05 Å². The number of hydrogen-bond acceptors (Lipinski definition) is 5. The Hall–Kier alpha value is -1.92. The van der Waals surface area contributed by atoms with Crippen molar-refractivity contribution in [1.29, 1.82) is 0 Å². The second kappa shape index (κ2) is 7.48. The number of Topliss-reactive ketones (excluding diaryl/α,β-unsaturated/α-hetero) is 1. The summed E-state index contributed by atoms with van der Waals surface area (Å²) in [7, 11) is 1.35. The van der Waals surface area contributed by atoms with E-state index in [4.69, 9.17) is 0 Å². The minimum Gasteiger partial charge on any atom is -0.511 e. The number of fused-ring (bicyclic) bond motifs is 1. The van der Waals surface area contributed by atoms with Crippen LogP contribution >= 0.6 is 0 Å². The predicted molar refractivity (Wildman–Crippen MR) is 105 cm³/mol. The van der Waals surface area contributed by atoms with Crippen molar-refractivity contribution in [1.82, 2.24) is 4.90 Å². The molecule has 2 aliphatic carbocycles. The molecule has 0 radical (unpaired) electrons. The molecule has 0 spiro atoms. The van der Waals surface area contributed by atoms with Crippen molar-refractivity contribution in [2.24, 2.45) is 29.1 Å². The van der Waals surface area contributed by atoms with Crippen LogP contribution in [0.1, 0.15) is 40.0 Å². The maximum Gasteiger partial charge on any atom is 0.261 e. The number of aliphatic hydroxyl groups excluding tert-OH is 2. The molecule has 3 N–H and O–H groups in total. The highest BCUT2D eigenvalue weighted by molar-refractivity contribution is 6.27. The van der Waals surface area contributed by atoms with Gasteiger partial charge in [0.2, 0.25) is 0 Å². The molecule has 6 nitrogen and oxygen atoms in total. The van der Waals surface area contributed by atoms with E-state index >= 15 is 0 Å². The summed E-state index contributed by atoms with van der Waals surface area (Å²) in [4.78, 5) is 26.6. The first-order valence-electron chi connectivity index (χ1n) is 10.1. The van der Waals surface area contributed by atoms with Gasteiger partial charge in [0.15, 0.2) is 12.1 Å². The Kier molecular flexibility index (Phi) is 5.56. The molecule has 1 heterocycles. The Bertz CT molecular complexity index is 752. The third kappa shape index (κ3) is 3.03. The molecule has 3 aliphatic rings. The molecule has 6 atom stereocenters. The van der Waals surface area contributed by atoms with Gasteiger partial charge in [-0.1, -0.05) is 44.6 Å². The summed E-state index contributed by atoms with van der Waals surface area (Å²) >= 11 is 0. The molecule has 0 aromatic carbocycles. The largest absolute Gasteiger partial charge is 0.511 e. The zero-order valence-electron chi connectivity index (χ0n) is 17.0. The summed E-state index contributed by atoms with van der Waals surface area (Å²) in [6.07, 6.45) is 9.17. The molecule has 1 saturated heterocycles. The quantitative estimate of drug-likeness (QED) is 0.226. The van der Waals surface area contributed by atoms with E-state index in [9.17, 15) is 24.9 Å². The smallest absolute Gasteiger partial charge is 0.261 e. The summed E-state index contributed by atoms with van der Waals surface area (Å²) in [6.45, 7) is 6.07. The molecule has 1 saturated carbocycles. The number of carbonyl (C=O) groups excluding carboxylic acids is 2. The number of rotatable bonds is 3. The fourth-order valence-corrected chi connectivity index (χ4v) is 5.45. The molecular weight excluding hydrogens is 358 g/mol. The monoisotopic (exact) mass is 389 g/mol. The fourth-order valence-electron chi connectivity index (χ4n) is 5.45. The van der Waals surface area contributed by atoms with Gasteiger partial charge in [-0.15, -0.1) is 0 Å². The van der Waals surface area contributed by atoms with Crippen molar-refractivity contribution in [2.45, 2.75) is 52.4 Å². The van der Waals surface area contributed by atoms with Crippen LogP contribution in [0.25, 0.3) is 0 Å². The lowest BCUT2D eigenvalue weighted by atomic mass is 9.54. The van der Waals surface area contributed by atoms with Crippen LogP contribution in [-0.4, -0.2) is 51.3 Å². The molecule has 28 heavy (non-hydrogen) atoms. The van der Waals surface area contributed by atoms with Crippen LogP contribution in [0, 0.1) is 29.1 Å². The summed E-state index contributed by atoms with van der Waals surface area (Å²) in [5.41, 5.74) is -1.10. The number of nitrogens with zero attached hydrogens (tertiary/aromatic N) is 1. The van der Waals surface area contributed by atoms with E-state index in [1.54, 1.807) is 0 Å². The standard InChI is InChI=1S/C22H31NO5/c1-5-6-14-9-8-13-11-12(2)7-10-15(13)22(14,3)19(25)16-18(24)17(21(27)28)23(4)20(16)26/h5-6,8-9,12-15,17,21,25,27-28H,7,10-11H2,1-4H3/b6-5+,19-16+/t12-,13+,14+,15-,17?,22+/m0/s1. The van der Waals surface area contributed by atoms with Crippen LogP contribution in [0.4, 0.5) is 0 Å². The average Bonchev–Trinajstić information content (AvgIpc) is 2.85. The first kappa shape index (κ1) is 20.8. The number of aliphatic hydroxyl groups is 3. The maximum atomic E-state index is 12.8. The molecule has 6 heteroatoms. The van der Waals surface area contributed by atoms with Gasteiger partial charge in [-0.3, -0.25) is 9.59 Å². The number of likely N-dealkylation sites (tertiary alicyclic amines) is 1. The third-order valence-corrected chi connectivity index (χ3v) is 7.09. The first-order chi connectivity index (χ1) is 13.1. The van der Waals surface area contributed by atoms with E-state index in [0.717, 1.165) is 24.2 Å². The maximum absolute atomic E-state index is 12.8. The van der Waals surface area contributed by atoms with Crippen molar-refractivity contribution in [3.8, 4) is 0 Å². The van der Waals surface area contributed by atoms with Crippen LogP contribution in [0.2, 0.25) is 0 Å². The topological polar surface area (TPSA) is 98.1 Å². The zero-order chi connectivity index (χ0) is 20.8. The van der Waals surface area contributed by atoms with E-state index in [0.29, 0.717) is 5.92 Å². The van der Waals surface area contributed by atoms with E-state index in [1.807, 2.05) is 26.0 Å². The predicted octanol–water partition coefficient (Wildman–Crippen LogP) is 2.34. The highest BCUT2D eigenvalue weighted by Crippen LogP contribution is 2.56. The number of hydrogen-bond donors (Lipinski definition) is 3. The Morgan fingerprint density at radius 2 is 1.96 bits per heavy atom. The second-order valence-electron chi connectivity index (χ2n) is 8.77. The van der Waals surface area contributed by atoms with Crippen molar-refractivity contribution in [3.05, 3.63) is 35.6 Å². The highest BCUT2D eigenvalue weighted by atomic mass is 16.5. The summed E-state index contributed by atoms with van der Waals surface area (Å²) in [5, 5.41) is 30.5. The van der Waals surface area contributed by atoms with Gasteiger partial charge in [0.25, 0.3) is 5.91 Å². The molecule has 0 bridgehead atoms. The average molecular weight is 389 g/mol. The van der Waals surface area contributed by atoms with E-state index in [1.165, 1.54) is 7.05 Å². The molecule has 1 amide bonds. The molecule has 1 aliphatic heterocycles. The van der Waals surface area contributed by atoms with Crippen LogP contribution in [0.15, 0.2) is 35.6 Å². The minimum absolute atomic E-state index is 0.103. The Labute approximate surface area is 166 Å². The van der Waals surface area contributed by atoms with Crippen molar-refractivity contribution < 1.29 is 24.9 Å². The number of likely N-dealkylation sites (N-methyl/N-ethyl adjacent to an activating group) is 1. The lowest BCUT2D eigenvalue weighted by Gasteiger charge is -2.50. The Morgan fingerprint density at radius 1 is 1.29 bits per heavy atom. The van der Waals surface area contributed by atoms with Crippen LogP contribution in [-0.2, 0) is 9.59 Å². The summed E-state index contributed by atoms with van der Waals surface area (Å²) in [5.74, 6) is -0.767. The third-order valence-electron chi connectivity index (χ3n) is 7.09. The first-order valence-corrected chi connectivity index (χ1v) is 10.1. The van der Waals surface area contributed by atoms with Gasteiger partial charge >= 0.3 is 0 Å². The summed E-state index contributed by atoms with van der Waals surface area (Å²) < 4.78 is 0. The SMILES string of the molecule is C/C=C/[C@@H]1C=C[C@@H]2C[C@@H](C)CC[C@@H]2[C@]1(C)/C(O)=C1/C(=O)C(C(O)O)N(C)C1=O. The van der Waals surface area contributed by atoms with Crippen molar-refractivity contribution >= 4 is 11.7 Å². The molecule has 0 aromatic heterocycles. The number of ketones is 1. The van der Waals surface area contributed by atoms with E-state index in [2.05, 4.69) is 19.1 Å². The van der Waals surface area contributed by atoms with Gasteiger partial charge < -0.3 is 20.2 Å². The minimum atomic E-state index is -1.99. The number of carbonyl (C=O) groups is 2. The van der Waals surface area contributed by atoms with E-state index in [-0.39, 0.29) is 29.1 Å². The number of allylic oxidation sites excluding steroid dienone is 5. The Balaban J connectivity index is 2.14. The second-order valence-corrected chi connectivity index (χ2v) is 8.77. The Morgan fingerprint density at radius 3 is 2.54 bits per heavy atom. The molecular formula is C22H31NO5. The van der Waals surface area contributed by atoms with Crippen LogP contribution in [0.3, 0.4) is 0 Å². The molecule has 0 aromatic rings. The van der Waals surface area contributed by atoms with Gasteiger partial charge in [-0.2, -0.15) is 0 Å². The lowest BCUT2D eigenvalue weighted by Crippen LogP contribution is -2.45. The molecule has 2 fully saturated rings.